The van der Waals surface area contributed by atoms with Crippen LogP contribution in [0.5, 0.6) is 0 Å². The molecule has 0 aliphatic rings. The van der Waals surface area contributed by atoms with Crippen molar-refractivity contribution in [2.24, 2.45) is 5.92 Å². The van der Waals surface area contributed by atoms with Gasteiger partial charge in [0.15, 0.2) is 0 Å². The van der Waals surface area contributed by atoms with Crippen molar-refractivity contribution in [2.75, 3.05) is 13.7 Å². The van der Waals surface area contributed by atoms with Gasteiger partial charge in [-0.3, -0.25) is 0 Å². The van der Waals surface area contributed by atoms with Crippen LogP contribution in [0, 0.1) is 5.92 Å². The van der Waals surface area contributed by atoms with Crippen LogP contribution in [0.1, 0.15) is 29.8 Å². The smallest absolute Gasteiger partial charge is 0.337 e. The van der Waals surface area contributed by atoms with Crippen molar-refractivity contribution in [1.82, 2.24) is 5.32 Å². The molecule has 0 aliphatic heterocycles. The predicted molar refractivity (Wildman–Crippen MR) is 72.0 cm³/mol. The summed E-state index contributed by atoms with van der Waals surface area (Å²) in [6, 6.07) is 5.50. The van der Waals surface area contributed by atoms with Crippen molar-refractivity contribution in [3.63, 3.8) is 0 Å². The normalized spacial score (nSPS) is 10.6. The van der Waals surface area contributed by atoms with Gasteiger partial charge in [-0.05, 0) is 30.2 Å². The van der Waals surface area contributed by atoms with Crippen molar-refractivity contribution in [3.8, 4) is 0 Å². The Morgan fingerprint density at radius 3 is 2.71 bits per heavy atom. The van der Waals surface area contributed by atoms with Crippen LogP contribution in [-0.2, 0) is 11.3 Å². The number of hydrogen-bond acceptors (Lipinski definition) is 3. The topological polar surface area (TPSA) is 38.3 Å². The molecule has 1 rings (SSSR count). The van der Waals surface area contributed by atoms with Crippen LogP contribution < -0.4 is 5.32 Å². The lowest BCUT2D eigenvalue weighted by Crippen LogP contribution is -2.19. The van der Waals surface area contributed by atoms with E-state index in [2.05, 4.69) is 39.8 Å². The summed E-state index contributed by atoms with van der Waals surface area (Å²) in [7, 11) is 1.38. The Morgan fingerprint density at radius 1 is 1.47 bits per heavy atom. The summed E-state index contributed by atoms with van der Waals surface area (Å²) < 4.78 is 5.60. The summed E-state index contributed by atoms with van der Waals surface area (Å²) >= 11 is 3.46. The Balaban J connectivity index is 2.66. The van der Waals surface area contributed by atoms with E-state index in [0.717, 1.165) is 23.1 Å². The molecule has 0 saturated carbocycles. The number of esters is 1. The van der Waals surface area contributed by atoms with Gasteiger partial charge in [0.1, 0.15) is 0 Å². The first-order valence-electron chi connectivity index (χ1n) is 5.62. The highest BCUT2D eigenvalue weighted by atomic mass is 79.9. The van der Waals surface area contributed by atoms with Gasteiger partial charge in [0.2, 0.25) is 0 Å². The largest absolute Gasteiger partial charge is 0.465 e. The minimum atomic E-state index is -0.313. The molecule has 0 aliphatic carbocycles. The first kappa shape index (κ1) is 14.2. The Labute approximate surface area is 111 Å². The monoisotopic (exact) mass is 299 g/mol. The fourth-order valence-electron chi connectivity index (χ4n) is 1.43. The molecule has 0 heterocycles. The molecule has 0 spiro atoms. The Kier molecular flexibility index (Phi) is 5.65. The molecule has 0 aromatic heterocycles. The van der Waals surface area contributed by atoms with Crippen LogP contribution in [0.4, 0.5) is 0 Å². The molecule has 4 heteroatoms. The molecule has 0 bridgehead atoms. The molecular formula is C13H18BrNO2. The number of rotatable bonds is 5. The fraction of sp³-hybridized carbons (Fsp3) is 0.462. The first-order chi connectivity index (χ1) is 8.04. The fourth-order valence-corrected chi connectivity index (χ4v) is 1.95. The van der Waals surface area contributed by atoms with Crippen molar-refractivity contribution in [2.45, 2.75) is 20.4 Å². The van der Waals surface area contributed by atoms with Crippen molar-refractivity contribution >= 4 is 21.9 Å². The maximum atomic E-state index is 11.3. The van der Waals surface area contributed by atoms with Crippen molar-refractivity contribution < 1.29 is 9.53 Å². The summed E-state index contributed by atoms with van der Waals surface area (Å²) in [5, 5.41) is 3.36. The highest BCUT2D eigenvalue weighted by Gasteiger charge is 2.08. The third kappa shape index (κ3) is 4.48. The standard InChI is InChI=1S/C13H18BrNO2/c1-9(2)7-15-8-11-5-4-10(6-12(11)14)13(16)17-3/h4-6,9,15H,7-8H2,1-3H3. The molecule has 94 valence electrons. The third-order valence-electron chi connectivity index (χ3n) is 2.34. The lowest BCUT2D eigenvalue weighted by Gasteiger charge is -2.09. The molecular weight excluding hydrogens is 282 g/mol. The molecule has 0 unspecified atom stereocenters. The van der Waals surface area contributed by atoms with Gasteiger partial charge in [-0.15, -0.1) is 0 Å². The lowest BCUT2D eigenvalue weighted by molar-refractivity contribution is 0.0600. The van der Waals surface area contributed by atoms with E-state index in [1.165, 1.54) is 7.11 Å². The number of halogens is 1. The lowest BCUT2D eigenvalue weighted by atomic mass is 10.1. The minimum absolute atomic E-state index is 0.313. The van der Waals surface area contributed by atoms with Gasteiger partial charge in [-0.2, -0.15) is 0 Å². The van der Waals surface area contributed by atoms with Gasteiger partial charge >= 0.3 is 5.97 Å². The van der Waals surface area contributed by atoms with Crippen LogP contribution in [0.15, 0.2) is 22.7 Å². The number of hydrogen-bond donors (Lipinski definition) is 1. The van der Waals surface area contributed by atoms with E-state index in [-0.39, 0.29) is 5.97 Å². The van der Waals surface area contributed by atoms with E-state index in [4.69, 9.17) is 0 Å². The molecule has 0 fully saturated rings. The summed E-state index contributed by atoms with van der Waals surface area (Å²) in [4.78, 5) is 11.3. The summed E-state index contributed by atoms with van der Waals surface area (Å²) in [5.41, 5.74) is 1.70. The molecule has 1 aromatic carbocycles. The summed E-state index contributed by atoms with van der Waals surface area (Å²) in [6.07, 6.45) is 0. The average Bonchev–Trinajstić information content (AvgIpc) is 2.29. The first-order valence-corrected chi connectivity index (χ1v) is 6.41. The van der Waals surface area contributed by atoms with E-state index in [1.807, 2.05) is 6.07 Å². The second kappa shape index (κ2) is 6.77. The molecule has 0 atom stereocenters. The highest BCUT2D eigenvalue weighted by molar-refractivity contribution is 9.10. The second-order valence-electron chi connectivity index (χ2n) is 4.32. The molecule has 17 heavy (non-hydrogen) atoms. The number of carbonyl (C=O) groups is 1. The van der Waals surface area contributed by atoms with Crippen molar-refractivity contribution in [3.05, 3.63) is 33.8 Å². The second-order valence-corrected chi connectivity index (χ2v) is 5.18. The minimum Gasteiger partial charge on any atom is -0.465 e. The van der Waals surface area contributed by atoms with Gasteiger partial charge in [0.25, 0.3) is 0 Å². The number of benzene rings is 1. The number of ether oxygens (including phenoxy) is 1. The van der Waals surface area contributed by atoms with E-state index in [1.54, 1.807) is 12.1 Å². The molecule has 1 N–H and O–H groups in total. The third-order valence-corrected chi connectivity index (χ3v) is 3.08. The van der Waals surface area contributed by atoms with Crippen LogP contribution in [0.2, 0.25) is 0 Å². The molecule has 0 amide bonds. The Hall–Kier alpha value is -0.870. The van der Waals surface area contributed by atoms with Gasteiger partial charge in [0.05, 0.1) is 12.7 Å². The van der Waals surface area contributed by atoms with Gasteiger partial charge in [-0.1, -0.05) is 35.8 Å². The van der Waals surface area contributed by atoms with Crippen LogP contribution in [-0.4, -0.2) is 19.6 Å². The predicted octanol–water partition coefficient (Wildman–Crippen LogP) is 2.98. The highest BCUT2D eigenvalue weighted by Crippen LogP contribution is 2.19. The van der Waals surface area contributed by atoms with Gasteiger partial charge in [-0.25, -0.2) is 4.79 Å². The van der Waals surface area contributed by atoms with Gasteiger partial charge < -0.3 is 10.1 Å². The molecule has 0 radical (unpaired) electrons. The maximum Gasteiger partial charge on any atom is 0.337 e. The number of nitrogens with one attached hydrogen (secondary N) is 1. The van der Waals surface area contributed by atoms with Crippen LogP contribution in [0.3, 0.4) is 0 Å². The van der Waals surface area contributed by atoms with Crippen LogP contribution >= 0.6 is 15.9 Å². The Morgan fingerprint density at radius 2 is 2.18 bits per heavy atom. The quantitative estimate of drug-likeness (QED) is 0.850. The molecule has 0 saturated heterocycles. The zero-order chi connectivity index (χ0) is 12.8. The Bertz CT molecular complexity index is 391. The number of carbonyl (C=O) groups excluding carboxylic acids is 1. The van der Waals surface area contributed by atoms with E-state index in [0.29, 0.717) is 11.5 Å². The SMILES string of the molecule is COC(=O)c1ccc(CNCC(C)C)c(Br)c1. The van der Waals surface area contributed by atoms with Gasteiger partial charge in [0, 0.05) is 11.0 Å². The maximum absolute atomic E-state index is 11.3. The zero-order valence-electron chi connectivity index (χ0n) is 10.4. The van der Waals surface area contributed by atoms with E-state index in [9.17, 15) is 4.79 Å². The summed E-state index contributed by atoms with van der Waals surface area (Å²) in [6.45, 7) is 6.11. The molecule has 3 nitrogen and oxygen atoms in total. The summed E-state index contributed by atoms with van der Waals surface area (Å²) in [5.74, 6) is 0.315. The van der Waals surface area contributed by atoms with E-state index >= 15 is 0 Å². The number of methoxy groups -OCH3 is 1. The molecule has 1 aromatic rings. The average molecular weight is 300 g/mol. The zero-order valence-corrected chi connectivity index (χ0v) is 12.0. The van der Waals surface area contributed by atoms with Crippen molar-refractivity contribution in [1.29, 1.82) is 0 Å². The van der Waals surface area contributed by atoms with Crippen LogP contribution in [0.25, 0.3) is 0 Å². The van der Waals surface area contributed by atoms with E-state index < -0.39 is 0 Å².